The molecule has 0 spiro atoms. The molecule has 2 N–H and O–H groups in total. The van der Waals surface area contributed by atoms with Crippen LogP contribution >= 0.6 is 0 Å². The molecule has 1 aromatic carbocycles. The van der Waals surface area contributed by atoms with E-state index in [0.717, 1.165) is 18.7 Å². The summed E-state index contributed by atoms with van der Waals surface area (Å²) in [5.74, 6) is 0.757. The van der Waals surface area contributed by atoms with E-state index in [1.54, 1.807) is 0 Å². The highest BCUT2D eigenvalue weighted by Gasteiger charge is 2.04. The zero-order chi connectivity index (χ0) is 14.3. The fourth-order valence-corrected chi connectivity index (χ4v) is 1.98. The van der Waals surface area contributed by atoms with Gasteiger partial charge in [-0.3, -0.25) is 4.79 Å². The third-order valence-corrected chi connectivity index (χ3v) is 3.18. The first kappa shape index (κ1) is 15.5. The van der Waals surface area contributed by atoms with Crippen molar-refractivity contribution in [3.8, 4) is 0 Å². The molecular weight excluding hydrogens is 236 g/mol. The molecule has 3 heteroatoms. The topological polar surface area (TPSA) is 41.1 Å². The molecule has 0 aliphatic carbocycles. The lowest BCUT2D eigenvalue weighted by Crippen LogP contribution is -2.27. The fourth-order valence-electron chi connectivity index (χ4n) is 1.98. The Morgan fingerprint density at radius 3 is 2.37 bits per heavy atom. The van der Waals surface area contributed by atoms with Crippen LogP contribution in [0, 0.1) is 19.8 Å². The molecule has 0 aromatic heterocycles. The number of hydrogen-bond donors (Lipinski definition) is 2. The first-order valence-corrected chi connectivity index (χ1v) is 7.07. The van der Waals surface area contributed by atoms with Crippen LogP contribution in [-0.2, 0) is 4.79 Å². The van der Waals surface area contributed by atoms with Gasteiger partial charge >= 0.3 is 0 Å². The van der Waals surface area contributed by atoms with Crippen molar-refractivity contribution < 1.29 is 4.79 Å². The van der Waals surface area contributed by atoms with Crippen LogP contribution in [-0.4, -0.2) is 19.0 Å². The Morgan fingerprint density at radius 2 is 1.79 bits per heavy atom. The summed E-state index contributed by atoms with van der Waals surface area (Å²) in [4.78, 5) is 11.6. The second-order valence-corrected chi connectivity index (χ2v) is 5.48. The maximum atomic E-state index is 11.6. The van der Waals surface area contributed by atoms with Crippen LogP contribution in [0.3, 0.4) is 0 Å². The molecule has 0 aliphatic heterocycles. The minimum absolute atomic E-state index is 0.124. The van der Waals surface area contributed by atoms with Gasteiger partial charge in [0.05, 0.1) is 0 Å². The molecule has 3 nitrogen and oxygen atoms in total. The van der Waals surface area contributed by atoms with Crippen molar-refractivity contribution in [3.63, 3.8) is 0 Å². The average Bonchev–Trinajstić information content (AvgIpc) is 2.32. The quantitative estimate of drug-likeness (QED) is 0.792. The van der Waals surface area contributed by atoms with Gasteiger partial charge in [-0.05, 0) is 37.3 Å². The van der Waals surface area contributed by atoms with Crippen molar-refractivity contribution in [2.45, 2.75) is 40.5 Å². The Hall–Kier alpha value is -1.51. The molecule has 0 fully saturated rings. The monoisotopic (exact) mass is 262 g/mol. The van der Waals surface area contributed by atoms with E-state index in [-0.39, 0.29) is 5.91 Å². The zero-order valence-corrected chi connectivity index (χ0v) is 12.5. The molecular formula is C16H26N2O. The van der Waals surface area contributed by atoms with Gasteiger partial charge in [0, 0.05) is 25.2 Å². The lowest BCUT2D eigenvalue weighted by Gasteiger charge is -2.12. The van der Waals surface area contributed by atoms with Gasteiger partial charge in [-0.1, -0.05) is 32.0 Å². The zero-order valence-electron chi connectivity index (χ0n) is 12.5. The van der Waals surface area contributed by atoms with E-state index >= 15 is 0 Å². The summed E-state index contributed by atoms with van der Waals surface area (Å²) in [7, 11) is 0. The van der Waals surface area contributed by atoms with E-state index in [9.17, 15) is 4.79 Å². The Morgan fingerprint density at radius 1 is 1.16 bits per heavy atom. The molecule has 0 heterocycles. The number of rotatable bonds is 7. The normalized spacial score (nSPS) is 10.6. The van der Waals surface area contributed by atoms with Crippen LogP contribution < -0.4 is 10.6 Å². The van der Waals surface area contributed by atoms with Gasteiger partial charge in [0.2, 0.25) is 5.91 Å². The van der Waals surface area contributed by atoms with E-state index in [1.165, 1.54) is 11.1 Å². The molecule has 0 saturated heterocycles. The number of carbonyl (C=O) groups excluding carboxylic acids is 1. The second-order valence-electron chi connectivity index (χ2n) is 5.48. The molecule has 0 atom stereocenters. The van der Waals surface area contributed by atoms with Crippen molar-refractivity contribution in [1.82, 2.24) is 5.32 Å². The number of amides is 1. The summed E-state index contributed by atoms with van der Waals surface area (Å²) in [5, 5.41) is 6.30. The Bertz CT molecular complexity index is 393. The smallest absolute Gasteiger partial charge is 0.221 e. The standard InChI is InChI=1S/C16H26N2O/c1-12(2)8-10-17-15(19)9-11-18-16-13(3)6-5-7-14(16)4/h5-7,12,18H,8-11H2,1-4H3,(H,17,19). The highest BCUT2D eigenvalue weighted by molar-refractivity contribution is 5.76. The maximum Gasteiger partial charge on any atom is 0.221 e. The number of aryl methyl sites for hydroxylation is 2. The summed E-state index contributed by atoms with van der Waals surface area (Å²) in [6, 6.07) is 6.21. The summed E-state index contributed by atoms with van der Waals surface area (Å²) in [6.45, 7) is 9.94. The largest absolute Gasteiger partial charge is 0.384 e. The van der Waals surface area contributed by atoms with Crippen LogP contribution in [0.15, 0.2) is 18.2 Å². The van der Waals surface area contributed by atoms with Gasteiger partial charge in [0.15, 0.2) is 0 Å². The second kappa shape index (κ2) is 7.82. The van der Waals surface area contributed by atoms with Crippen molar-refractivity contribution in [3.05, 3.63) is 29.3 Å². The van der Waals surface area contributed by atoms with Crippen molar-refractivity contribution >= 4 is 11.6 Å². The van der Waals surface area contributed by atoms with Gasteiger partial charge < -0.3 is 10.6 Å². The summed E-state index contributed by atoms with van der Waals surface area (Å²) in [5.41, 5.74) is 3.60. The molecule has 0 aliphatic rings. The van der Waals surface area contributed by atoms with E-state index in [1.807, 2.05) is 0 Å². The number of carbonyl (C=O) groups is 1. The maximum absolute atomic E-state index is 11.6. The molecule has 1 aromatic rings. The molecule has 19 heavy (non-hydrogen) atoms. The lowest BCUT2D eigenvalue weighted by molar-refractivity contribution is -0.120. The molecule has 1 rings (SSSR count). The first-order chi connectivity index (χ1) is 9.00. The van der Waals surface area contributed by atoms with Gasteiger partial charge in [-0.15, -0.1) is 0 Å². The highest BCUT2D eigenvalue weighted by Crippen LogP contribution is 2.18. The summed E-state index contributed by atoms with van der Waals surface area (Å²) < 4.78 is 0. The Balaban J connectivity index is 2.28. The van der Waals surface area contributed by atoms with Gasteiger partial charge in [-0.2, -0.15) is 0 Å². The molecule has 0 radical (unpaired) electrons. The highest BCUT2D eigenvalue weighted by atomic mass is 16.1. The number of hydrogen-bond acceptors (Lipinski definition) is 2. The lowest BCUT2D eigenvalue weighted by atomic mass is 10.1. The third-order valence-electron chi connectivity index (χ3n) is 3.18. The molecule has 0 unspecified atom stereocenters. The van der Waals surface area contributed by atoms with E-state index < -0.39 is 0 Å². The fraction of sp³-hybridized carbons (Fsp3) is 0.562. The van der Waals surface area contributed by atoms with Crippen LogP contribution in [0.2, 0.25) is 0 Å². The van der Waals surface area contributed by atoms with Gasteiger partial charge in [0.1, 0.15) is 0 Å². The number of para-hydroxylation sites is 1. The minimum atomic E-state index is 0.124. The van der Waals surface area contributed by atoms with E-state index in [0.29, 0.717) is 18.9 Å². The van der Waals surface area contributed by atoms with Crippen molar-refractivity contribution in [2.75, 3.05) is 18.4 Å². The molecule has 0 bridgehead atoms. The average molecular weight is 262 g/mol. The predicted octanol–water partition coefficient (Wildman–Crippen LogP) is 3.27. The molecule has 0 saturated carbocycles. The Kier molecular flexibility index (Phi) is 6.40. The van der Waals surface area contributed by atoms with E-state index in [4.69, 9.17) is 0 Å². The number of anilines is 1. The summed E-state index contributed by atoms with van der Waals surface area (Å²) in [6.07, 6.45) is 1.56. The number of benzene rings is 1. The minimum Gasteiger partial charge on any atom is -0.384 e. The number of nitrogens with one attached hydrogen (secondary N) is 2. The van der Waals surface area contributed by atoms with Gasteiger partial charge in [0.25, 0.3) is 0 Å². The van der Waals surface area contributed by atoms with Crippen LogP contribution in [0.4, 0.5) is 5.69 Å². The first-order valence-electron chi connectivity index (χ1n) is 7.07. The predicted molar refractivity (Wildman–Crippen MR) is 81.5 cm³/mol. The third kappa shape index (κ3) is 5.77. The molecule has 1 amide bonds. The van der Waals surface area contributed by atoms with E-state index in [2.05, 4.69) is 56.5 Å². The van der Waals surface area contributed by atoms with Crippen LogP contribution in [0.25, 0.3) is 0 Å². The van der Waals surface area contributed by atoms with Crippen LogP contribution in [0.5, 0.6) is 0 Å². The summed E-state index contributed by atoms with van der Waals surface area (Å²) >= 11 is 0. The molecule has 106 valence electrons. The van der Waals surface area contributed by atoms with Gasteiger partial charge in [-0.25, -0.2) is 0 Å². The Labute approximate surface area is 116 Å². The van der Waals surface area contributed by atoms with Crippen LogP contribution in [0.1, 0.15) is 37.8 Å². The SMILES string of the molecule is Cc1cccc(C)c1NCCC(=O)NCCC(C)C. The van der Waals surface area contributed by atoms with Crippen molar-refractivity contribution in [1.29, 1.82) is 0 Å². The van der Waals surface area contributed by atoms with Crippen molar-refractivity contribution in [2.24, 2.45) is 5.92 Å².